The highest BCUT2D eigenvalue weighted by molar-refractivity contribution is 4.90. The van der Waals surface area contributed by atoms with Crippen LogP contribution in [0, 0.1) is 10.1 Å². The molecule has 0 bridgehead atoms. The molecule has 0 aromatic carbocycles. The fraction of sp³-hybridized carbons (Fsp3) is 0.900. The number of rotatable bonds is 19. The van der Waals surface area contributed by atoms with Gasteiger partial charge in [0.15, 0.2) is 5.82 Å². The maximum absolute atomic E-state index is 10.5. The van der Waals surface area contributed by atoms with Crippen molar-refractivity contribution in [3.8, 4) is 0 Å². The largest absolute Gasteiger partial charge is 0.370 e. The molecule has 26 heavy (non-hydrogen) atoms. The molecule has 0 aromatic rings. The maximum atomic E-state index is 10.5. The number of nitrogens with one attached hydrogen (secondary N) is 2. The fourth-order valence-electron chi connectivity index (χ4n) is 3.04. The first-order valence-electron chi connectivity index (χ1n) is 10.6. The summed E-state index contributed by atoms with van der Waals surface area (Å²) < 4.78 is 0. The predicted octanol–water partition coefficient (Wildman–Crippen LogP) is 4.50. The second-order valence-electron chi connectivity index (χ2n) is 7.03. The molecule has 0 heterocycles. The van der Waals surface area contributed by atoms with Gasteiger partial charge in [-0.25, -0.2) is 0 Å². The van der Waals surface area contributed by atoms with Crippen molar-refractivity contribution in [2.45, 2.75) is 84.5 Å². The van der Waals surface area contributed by atoms with Crippen molar-refractivity contribution in [2.24, 2.45) is 0 Å². The van der Waals surface area contributed by atoms with Crippen LogP contribution in [0.25, 0.3) is 0 Å². The first-order chi connectivity index (χ1) is 12.6. The minimum Gasteiger partial charge on any atom is -0.370 e. The van der Waals surface area contributed by atoms with Gasteiger partial charge in [-0.05, 0) is 38.9 Å². The van der Waals surface area contributed by atoms with Crippen molar-refractivity contribution < 1.29 is 4.92 Å². The number of unbranched alkanes of at least 4 members (excludes halogenated alkanes) is 8. The van der Waals surface area contributed by atoms with Gasteiger partial charge in [-0.2, -0.15) is 0 Å². The summed E-state index contributed by atoms with van der Waals surface area (Å²) in [5.74, 6) is 0.473. The number of nitrogens with zero attached hydrogens (tertiary/aromatic N) is 2. The molecule has 0 fully saturated rings. The van der Waals surface area contributed by atoms with Crippen LogP contribution in [-0.2, 0) is 0 Å². The van der Waals surface area contributed by atoms with E-state index in [0.717, 1.165) is 25.7 Å². The minimum atomic E-state index is -0.433. The van der Waals surface area contributed by atoms with Crippen LogP contribution in [0.1, 0.15) is 84.5 Å². The molecule has 0 aromatic heterocycles. The van der Waals surface area contributed by atoms with E-state index < -0.39 is 4.92 Å². The summed E-state index contributed by atoms with van der Waals surface area (Å²) >= 11 is 0. The SMILES string of the molecule is CCCCCCCCN(CCCCCC)CCCN/C(=C/[N+](=O)[O-])NC. The summed E-state index contributed by atoms with van der Waals surface area (Å²) in [6.45, 7) is 8.68. The quantitative estimate of drug-likeness (QED) is 0.199. The molecule has 0 spiro atoms. The predicted molar refractivity (Wildman–Crippen MR) is 111 cm³/mol. The van der Waals surface area contributed by atoms with Crippen molar-refractivity contribution in [1.82, 2.24) is 15.5 Å². The van der Waals surface area contributed by atoms with Crippen LogP contribution in [0.15, 0.2) is 12.0 Å². The van der Waals surface area contributed by atoms with E-state index in [1.165, 1.54) is 77.3 Å². The number of hydrogen-bond acceptors (Lipinski definition) is 5. The normalized spacial score (nSPS) is 11.8. The van der Waals surface area contributed by atoms with Gasteiger partial charge in [0.25, 0.3) is 6.20 Å². The van der Waals surface area contributed by atoms with Gasteiger partial charge in [0, 0.05) is 13.6 Å². The highest BCUT2D eigenvalue weighted by Gasteiger charge is 2.05. The van der Waals surface area contributed by atoms with E-state index in [4.69, 9.17) is 0 Å². The van der Waals surface area contributed by atoms with E-state index in [0.29, 0.717) is 5.82 Å². The average Bonchev–Trinajstić information content (AvgIpc) is 2.62. The van der Waals surface area contributed by atoms with Crippen molar-refractivity contribution >= 4 is 0 Å². The summed E-state index contributed by atoms with van der Waals surface area (Å²) in [4.78, 5) is 12.7. The van der Waals surface area contributed by atoms with Crippen LogP contribution in [0.5, 0.6) is 0 Å². The summed E-state index contributed by atoms with van der Waals surface area (Å²) in [7, 11) is 1.70. The minimum absolute atomic E-state index is 0.433. The number of nitro groups is 1. The van der Waals surface area contributed by atoms with Gasteiger partial charge < -0.3 is 15.5 Å². The van der Waals surface area contributed by atoms with Gasteiger partial charge >= 0.3 is 0 Å². The van der Waals surface area contributed by atoms with Crippen molar-refractivity contribution in [3.63, 3.8) is 0 Å². The first kappa shape index (κ1) is 24.7. The zero-order valence-corrected chi connectivity index (χ0v) is 17.4. The Morgan fingerprint density at radius 1 is 0.885 bits per heavy atom. The monoisotopic (exact) mass is 370 g/mol. The molecule has 0 atom stereocenters. The van der Waals surface area contributed by atoms with E-state index in [9.17, 15) is 10.1 Å². The zero-order chi connectivity index (χ0) is 19.5. The smallest absolute Gasteiger partial charge is 0.274 e. The molecule has 6 heteroatoms. The summed E-state index contributed by atoms with van der Waals surface area (Å²) in [5, 5.41) is 16.5. The molecule has 0 rings (SSSR count). The molecule has 2 N–H and O–H groups in total. The Hall–Kier alpha value is -1.30. The molecule has 154 valence electrons. The second kappa shape index (κ2) is 18.5. The molecule has 0 unspecified atom stereocenters. The molecule has 0 amide bonds. The van der Waals surface area contributed by atoms with Crippen molar-refractivity contribution in [2.75, 3.05) is 33.2 Å². The second-order valence-corrected chi connectivity index (χ2v) is 7.03. The van der Waals surface area contributed by atoms with Crippen LogP contribution >= 0.6 is 0 Å². The zero-order valence-electron chi connectivity index (χ0n) is 17.4. The summed E-state index contributed by atoms with van der Waals surface area (Å²) in [6.07, 6.45) is 15.2. The van der Waals surface area contributed by atoms with E-state index in [1.54, 1.807) is 7.05 Å². The molecular weight excluding hydrogens is 328 g/mol. The Balaban J connectivity index is 4.06. The Labute approximate surface area is 160 Å². The molecule has 0 saturated carbocycles. The Morgan fingerprint density at radius 3 is 1.92 bits per heavy atom. The van der Waals surface area contributed by atoms with Crippen LogP contribution in [-0.4, -0.2) is 43.0 Å². The topological polar surface area (TPSA) is 70.4 Å². The Morgan fingerprint density at radius 2 is 1.38 bits per heavy atom. The lowest BCUT2D eigenvalue weighted by molar-refractivity contribution is -0.404. The molecule has 0 aliphatic rings. The van der Waals surface area contributed by atoms with E-state index >= 15 is 0 Å². The van der Waals surface area contributed by atoms with Gasteiger partial charge in [-0.1, -0.05) is 65.2 Å². The standard InChI is InChI=1S/C20H42N4O2/c1-4-6-8-10-11-13-17-23(16-12-9-7-5-2)18-14-15-22-20(21-3)19-24(25)26/h19,21-22H,4-18H2,1-3H3/b20-19+. The highest BCUT2D eigenvalue weighted by Crippen LogP contribution is 2.08. The lowest BCUT2D eigenvalue weighted by Gasteiger charge is -2.22. The third-order valence-corrected chi connectivity index (χ3v) is 4.63. The van der Waals surface area contributed by atoms with Crippen LogP contribution < -0.4 is 10.6 Å². The van der Waals surface area contributed by atoms with Crippen LogP contribution in [0.3, 0.4) is 0 Å². The molecular formula is C20H42N4O2. The van der Waals surface area contributed by atoms with Crippen molar-refractivity contribution in [1.29, 1.82) is 0 Å². The Kier molecular flexibility index (Phi) is 17.6. The number of hydrogen-bond donors (Lipinski definition) is 2. The lowest BCUT2D eigenvalue weighted by atomic mass is 10.1. The maximum Gasteiger partial charge on any atom is 0.274 e. The van der Waals surface area contributed by atoms with Gasteiger partial charge in [0.05, 0.1) is 4.92 Å². The molecule has 0 saturated heterocycles. The fourth-order valence-corrected chi connectivity index (χ4v) is 3.04. The lowest BCUT2D eigenvalue weighted by Crippen LogP contribution is -2.31. The van der Waals surface area contributed by atoms with Crippen LogP contribution in [0.2, 0.25) is 0 Å². The summed E-state index contributed by atoms with van der Waals surface area (Å²) in [5.41, 5.74) is 0. The van der Waals surface area contributed by atoms with E-state index in [1.807, 2.05) is 0 Å². The third kappa shape index (κ3) is 16.2. The van der Waals surface area contributed by atoms with Gasteiger partial charge in [-0.15, -0.1) is 0 Å². The van der Waals surface area contributed by atoms with Gasteiger partial charge in [0.2, 0.25) is 0 Å². The van der Waals surface area contributed by atoms with E-state index in [2.05, 4.69) is 29.4 Å². The molecule has 0 aliphatic carbocycles. The van der Waals surface area contributed by atoms with Crippen LogP contribution in [0.4, 0.5) is 0 Å². The van der Waals surface area contributed by atoms with Crippen molar-refractivity contribution in [3.05, 3.63) is 22.1 Å². The molecule has 0 aliphatic heterocycles. The first-order valence-corrected chi connectivity index (χ1v) is 10.6. The Bertz CT molecular complexity index is 362. The molecule has 6 nitrogen and oxygen atoms in total. The van der Waals surface area contributed by atoms with Gasteiger partial charge in [-0.3, -0.25) is 10.1 Å². The summed E-state index contributed by atoms with van der Waals surface area (Å²) in [6, 6.07) is 0. The van der Waals surface area contributed by atoms with Gasteiger partial charge in [0.1, 0.15) is 0 Å². The average molecular weight is 371 g/mol. The molecule has 0 radical (unpaired) electrons. The highest BCUT2D eigenvalue weighted by atomic mass is 16.6. The third-order valence-electron chi connectivity index (χ3n) is 4.63. The van der Waals surface area contributed by atoms with E-state index in [-0.39, 0.29) is 0 Å².